The Balaban J connectivity index is 1.76. The Labute approximate surface area is 190 Å². The summed E-state index contributed by atoms with van der Waals surface area (Å²) in [6.07, 6.45) is 7.20. The zero-order valence-electron chi connectivity index (χ0n) is 19.4. The van der Waals surface area contributed by atoms with Gasteiger partial charge in [-0.25, -0.2) is 18.1 Å². The number of fused-ring (bicyclic) bond motifs is 1. The standard InChI is InChI=1S/C25H32N2O4S/c1-16-14-21(20-12-13-26-24(20)27(16)28)22-15-19(32(5,29)30)10-11-23(22)31-18-8-6-17(7-9-18)25(2,3)4/h10-15,17-18,26H,6-9H2,1-5H3/t17-,18-. The van der Waals surface area contributed by atoms with Gasteiger partial charge in [0, 0.05) is 17.4 Å². The molecular formula is C25H32N2O4S. The first-order valence-electron chi connectivity index (χ1n) is 11.2. The minimum Gasteiger partial charge on any atom is -0.710 e. The molecular weight excluding hydrogens is 424 g/mol. The third-order valence-electron chi connectivity index (χ3n) is 6.75. The molecule has 0 saturated heterocycles. The van der Waals surface area contributed by atoms with Crippen molar-refractivity contribution in [3.8, 4) is 16.9 Å². The zero-order chi connectivity index (χ0) is 23.3. The summed E-state index contributed by atoms with van der Waals surface area (Å²) in [6.45, 7) is 8.63. The lowest BCUT2D eigenvalue weighted by molar-refractivity contribution is -0.586. The van der Waals surface area contributed by atoms with Gasteiger partial charge in [0.1, 0.15) is 11.4 Å². The minimum atomic E-state index is -3.40. The molecule has 4 rings (SSSR count). The number of sulfone groups is 1. The van der Waals surface area contributed by atoms with Gasteiger partial charge in [-0.3, -0.25) is 0 Å². The Morgan fingerprint density at radius 3 is 2.38 bits per heavy atom. The molecule has 0 unspecified atom stereocenters. The Bertz CT molecular complexity index is 1250. The summed E-state index contributed by atoms with van der Waals surface area (Å²) < 4.78 is 31.9. The second kappa shape index (κ2) is 8.10. The predicted molar refractivity (Wildman–Crippen MR) is 126 cm³/mol. The van der Waals surface area contributed by atoms with Crippen LogP contribution in [0, 0.1) is 23.5 Å². The number of hydrogen-bond acceptors (Lipinski definition) is 4. The molecule has 0 spiro atoms. The van der Waals surface area contributed by atoms with E-state index in [-0.39, 0.29) is 11.0 Å². The molecule has 1 fully saturated rings. The fraction of sp³-hybridized carbons (Fsp3) is 0.480. The topological polar surface area (TPSA) is 86.1 Å². The van der Waals surface area contributed by atoms with Gasteiger partial charge in [0.2, 0.25) is 0 Å². The second-order valence-electron chi connectivity index (χ2n) is 10.1. The van der Waals surface area contributed by atoms with E-state index in [1.165, 1.54) is 6.26 Å². The van der Waals surface area contributed by atoms with Crippen LogP contribution >= 0.6 is 0 Å². The number of aryl methyl sites for hydroxylation is 1. The maximum absolute atomic E-state index is 12.5. The smallest absolute Gasteiger partial charge is 0.290 e. The fourth-order valence-corrected chi connectivity index (χ4v) is 5.42. The number of aromatic amines is 1. The van der Waals surface area contributed by atoms with Crippen LogP contribution < -0.4 is 9.47 Å². The Kier molecular flexibility index (Phi) is 5.74. The summed E-state index contributed by atoms with van der Waals surface area (Å²) in [5, 5.41) is 13.2. The zero-order valence-corrected chi connectivity index (χ0v) is 20.3. The number of nitrogens with zero attached hydrogens (tertiary/aromatic N) is 1. The van der Waals surface area contributed by atoms with Crippen LogP contribution in [0.15, 0.2) is 41.4 Å². The van der Waals surface area contributed by atoms with Crippen LogP contribution in [0.1, 0.15) is 52.1 Å². The monoisotopic (exact) mass is 456 g/mol. The van der Waals surface area contributed by atoms with Crippen LogP contribution in [0.25, 0.3) is 22.2 Å². The van der Waals surface area contributed by atoms with Crippen LogP contribution in [0.3, 0.4) is 0 Å². The molecule has 0 atom stereocenters. The molecule has 0 aliphatic heterocycles. The van der Waals surface area contributed by atoms with Crippen LogP contribution in [0.4, 0.5) is 0 Å². The molecule has 7 heteroatoms. The van der Waals surface area contributed by atoms with Gasteiger partial charge >= 0.3 is 0 Å². The number of pyridine rings is 1. The lowest BCUT2D eigenvalue weighted by Gasteiger charge is -2.37. The summed E-state index contributed by atoms with van der Waals surface area (Å²) >= 11 is 0. The number of benzene rings is 1. The number of nitrogens with one attached hydrogen (secondary N) is 1. The van der Waals surface area contributed by atoms with Gasteiger partial charge in [0.15, 0.2) is 9.84 Å². The Morgan fingerprint density at radius 2 is 1.75 bits per heavy atom. The van der Waals surface area contributed by atoms with Gasteiger partial charge in [-0.2, -0.15) is 0 Å². The van der Waals surface area contributed by atoms with Crippen molar-refractivity contribution in [1.29, 1.82) is 0 Å². The molecule has 3 aromatic rings. The van der Waals surface area contributed by atoms with Crippen molar-refractivity contribution in [2.24, 2.45) is 11.3 Å². The van der Waals surface area contributed by atoms with E-state index in [0.29, 0.717) is 34.0 Å². The van der Waals surface area contributed by atoms with E-state index in [1.807, 2.05) is 6.07 Å². The van der Waals surface area contributed by atoms with Crippen molar-refractivity contribution >= 4 is 20.9 Å². The van der Waals surface area contributed by atoms with E-state index in [1.54, 1.807) is 37.4 Å². The molecule has 0 amide bonds. The molecule has 1 N–H and O–H groups in total. The molecule has 6 nitrogen and oxygen atoms in total. The summed E-state index contributed by atoms with van der Waals surface area (Å²) in [5.74, 6) is 1.33. The molecule has 1 aliphatic carbocycles. The van der Waals surface area contributed by atoms with Crippen LogP contribution in [-0.4, -0.2) is 25.8 Å². The number of aromatic nitrogens is 2. The fourth-order valence-electron chi connectivity index (χ4n) is 4.77. The van der Waals surface area contributed by atoms with Crippen LogP contribution in [0.5, 0.6) is 5.75 Å². The van der Waals surface area contributed by atoms with Gasteiger partial charge in [-0.1, -0.05) is 20.8 Å². The van der Waals surface area contributed by atoms with Crippen molar-refractivity contribution in [2.45, 2.75) is 64.4 Å². The lowest BCUT2D eigenvalue weighted by atomic mass is 9.72. The molecule has 2 heterocycles. The predicted octanol–water partition coefficient (Wildman–Crippen LogP) is 5.16. The molecule has 32 heavy (non-hydrogen) atoms. The second-order valence-corrected chi connectivity index (χ2v) is 12.1. The Morgan fingerprint density at radius 1 is 1.06 bits per heavy atom. The van der Waals surface area contributed by atoms with E-state index in [2.05, 4.69) is 25.8 Å². The first-order chi connectivity index (χ1) is 14.9. The molecule has 2 aromatic heterocycles. The summed E-state index contributed by atoms with van der Waals surface area (Å²) in [6, 6.07) is 8.67. The summed E-state index contributed by atoms with van der Waals surface area (Å²) in [4.78, 5) is 3.23. The average molecular weight is 457 g/mol. The highest BCUT2D eigenvalue weighted by Gasteiger charge is 2.31. The largest absolute Gasteiger partial charge is 0.710 e. The van der Waals surface area contributed by atoms with E-state index in [0.717, 1.165) is 41.4 Å². The molecule has 0 bridgehead atoms. The maximum atomic E-state index is 12.5. The van der Waals surface area contributed by atoms with Crippen molar-refractivity contribution in [2.75, 3.05) is 6.26 Å². The number of ether oxygens (including phenoxy) is 1. The highest BCUT2D eigenvalue weighted by atomic mass is 32.2. The SMILES string of the molecule is Cc1cc(-c2cc(S(C)(=O)=O)ccc2O[C@H]2CC[C@H](C(C)(C)C)CC2)c2cc[nH]c2[n+]1[O-]. The number of H-pyrrole nitrogens is 1. The van der Waals surface area contributed by atoms with Gasteiger partial charge in [-0.05, 0) is 74.3 Å². The van der Waals surface area contributed by atoms with E-state index in [9.17, 15) is 13.6 Å². The van der Waals surface area contributed by atoms with Gasteiger partial charge < -0.3 is 9.94 Å². The quantitative estimate of drug-likeness (QED) is 0.434. The van der Waals surface area contributed by atoms with Crippen molar-refractivity contribution < 1.29 is 17.9 Å². The summed E-state index contributed by atoms with van der Waals surface area (Å²) in [5.41, 5.74) is 2.74. The molecule has 0 radical (unpaired) electrons. The first-order valence-corrected chi connectivity index (χ1v) is 13.1. The molecule has 1 saturated carbocycles. The van der Waals surface area contributed by atoms with E-state index < -0.39 is 9.84 Å². The van der Waals surface area contributed by atoms with Gasteiger partial charge in [-0.15, -0.1) is 0 Å². The number of rotatable bonds is 4. The molecule has 1 aromatic carbocycles. The third kappa shape index (κ3) is 4.35. The first kappa shape index (κ1) is 22.6. The van der Waals surface area contributed by atoms with E-state index in [4.69, 9.17) is 4.74 Å². The summed E-state index contributed by atoms with van der Waals surface area (Å²) in [7, 11) is -3.40. The maximum Gasteiger partial charge on any atom is 0.290 e. The minimum absolute atomic E-state index is 0.0902. The van der Waals surface area contributed by atoms with Crippen LogP contribution in [0.2, 0.25) is 0 Å². The highest BCUT2D eigenvalue weighted by Crippen LogP contribution is 2.41. The normalized spacial score (nSPS) is 19.9. The molecule has 1 aliphatic rings. The van der Waals surface area contributed by atoms with Gasteiger partial charge in [0.05, 0.1) is 22.6 Å². The van der Waals surface area contributed by atoms with Gasteiger partial charge in [0.25, 0.3) is 5.65 Å². The number of hydrogen-bond donors (Lipinski definition) is 1. The van der Waals surface area contributed by atoms with E-state index >= 15 is 0 Å². The van der Waals surface area contributed by atoms with Crippen molar-refractivity contribution in [1.82, 2.24) is 4.98 Å². The lowest BCUT2D eigenvalue weighted by Crippen LogP contribution is -2.31. The van der Waals surface area contributed by atoms with Crippen molar-refractivity contribution in [3.05, 3.63) is 47.4 Å². The van der Waals surface area contributed by atoms with Crippen LogP contribution in [-0.2, 0) is 9.84 Å². The highest BCUT2D eigenvalue weighted by molar-refractivity contribution is 7.90. The van der Waals surface area contributed by atoms with Crippen molar-refractivity contribution in [3.63, 3.8) is 0 Å². The third-order valence-corrected chi connectivity index (χ3v) is 7.86. The Hall–Kier alpha value is -2.54. The molecule has 172 valence electrons. The average Bonchev–Trinajstić information content (AvgIpc) is 3.20.